The Balaban J connectivity index is 1.68. The third-order valence-corrected chi connectivity index (χ3v) is 6.66. The molecule has 0 bridgehead atoms. The van der Waals surface area contributed by atoms with Crippen molar-refractivity contribution in [2.24, 2.45) is 11.8 Å². The topological polar surface area (TPSA) is 128 Å². The largest absolute Gasteiger partial charge is 0.550 e. The number of carbonyl (C=O) groups excluding carboxylic acids is 2. The Morgan fingerprint density at radius 2 is 1.78 bits per heavy atom. The molecule has 2 aromatic rings. The van der Waals surface area contributed by atoms with Crippen LogP contribution in [0.3, 0.4) is 0 Å². The molecule has 27 heavy (non-hydrogen) atoms. The summed E-state index contributed by atoms with van der Waals surface area (Å²) in [6.07, 6.45) is 3.98. The molecule has 1 heterocycles. The van der Waals surface area contributed by atoms with Gasteiger partial charge in [0.2, 0.25) is 5.91 Å². The number of hydrogen-bond donors (Lipinski definition) is 2. The molecule has 1 aliphatic carbocycles. The van der Waals surface area contributed by atoms with E-state index in [4.69, 9.17) is 0 Å². The summed E-state index contributed by atoms with van der Waals surface area (Å²) in [6.45, 7) is 0. The van der Waals surface area contributed by atoms with E-state index < -0.39 is 27.8 Å². The van der Waals surface area contributed by atoms with Crippen LogP contribution in [0.1, 0.15) is 25.7 Å². The highest BCUT2D eigenvalue weighted by molar-refractivity contribution is 7.93. The van der Waals surface area contributed by atoms with Crippen LogP contribution in [0, 0.1) is 11.8 Å². The third-order valence-electron chi connectivity index (χ3n) is 4.49. The molecule has 0 aliphatic heterocycles. The molecule has 0 radical (unpaired) electrons. The molecule has 1 aliphatic rings. The minimum absolute atomic E-state index is 0.0287. The van der Waals surface area contributed by atoms with Crippen molar-refractivity contribution in [1.29, 1.82) is 0 Å². The summed E-state index contributed by atoms with van der Waals surface area (Å²) in [5, 5.41) is 15.8. The summed E-state index contributed by atoms with van der Waals surface area (Å²) < 4.78 is 27.0. The van der Waals surface area contributed by atoms with Gasteiger partial charge in [-0.05, 0) is 37.1 Å². The zero-order chi connectivity index (χ0) is 19.4. The SMILES string of the molecule is O=C([O-])[C@H]1CCCC[C@@H]1C(=O)Nc1ccc(S(=O)(=O)Nc2nccs2)cc1. The van der Waals surface area contributed by atoms with Gasteiger partial charge in [-0.1, -0.05) is 12.8 Å². The monoisotopic (exact) mass is 408 g/mol. The number of rotatable bonds is 6. The molecule has 2 atom stereocenters. The normalized spacial score (nSPS) is 20.0. The molecule has 2 N–H and O–H groups in total. The second kappa shape index (κ2) is 8.05. The predicted octanol–water partition coefficient (Wildman–Crippen LogP) is 1.44. The van der Waals surface area contributed by atoms with Crippen molar-refractivity contribution in [3.63, 3.8) is 0 Å². The van der Waals surface area contributed by atoms with Crippen LogP contribution in [-0.4, -0.2) is 25.3 Å². The van der Waals surface area contributed by atoms with Crippen LogP contribution in [0.2, 0.25) is 0 Å². The molecular formula is C17H18N3O5S2-. The van der Waals surface area contributed by atoms with Crippen LogP contribution in [0.5, 0.6) is 0 Å². The van der Waals surface area contributed by atoms with E-state index in [1.165, 1.54) is 30.5 Å². The minimum Gasteiger partial charge on any atom is -0.550 e. The van der Waals surface area contributed by atoms with Gasteiger partial charge in [0.1, 0.15) is 0 Å². The van der Waals surface area contributed by atoms with Crippen molar-refractivity contribution in [3.8, 4) is 0 Å². The standard InChI is InChI=1S/C17H19N3O5S2/c21-15(13-3-1-2-4-14(13)16(22)23)19-11-5-7-12(8-6-11)27(24,25)20-17-18-9-10-26-17/h5-10,13-14H,1-4H2,(H,18,20)(H,19,21)(H,22,23)/p-1/t13-,14-/m0/s1. The van der Waals surface area contributed by atoms with Crippen LogP contribution >= 0.6 is 11.3 Å². The summed E-state index contributed by atoms with van der Waals surface area (Å²) in [5.74, 6) is -3.02. The van der Waals surface area contributed by atoms with Crippen LogP contribution in [-0.2, 0) is 19.6 Å². The van der Waals surface area contributed by atoms with Crippen molar-refractivity contribution in [2.45, 2.75) is 30.6 Å². The van der Waals surface area contributed by atoms with E-state index in [1.54, 1.807) is 5.38 Å². The fourth-order valence-electron chi connectivity index (χ4n) is 3.13. The average Bonchev–Trinajstić information content (AvgIpc) is 3.14. The van der Waals surface area contributed by atoms with Crippen LogP contribution in [0.4, 0.5) is 10.8 Å². The summed E-state index contributed by atoms with van der Waals surface area (Å²) in [4.78, 5) is 27.6. The molecule has 144 valence electrons. The number of aliphatic carboxylic acids is 1. The van der Waals surface area contributed by atoms with E-state index in [0.29, 0.717) is 18.5 Å². The van der Waals surface area contributed by atoms with E-state index >= 15 is 0 Å². The van der Waals surface area contributed by atoms with Crippen molar-refractivity contribution in [3.05, 3.63) is 35.8 Å². The van der Waals surface area contributed by atoms with Gasteiger partial charge in [-0.15, -0.1) is 11.3 Å². The van der Waals surface area contributed by atoms with E-state index in [9.17, 15) is 23.1 Å². The molecule has 0 spiro atoms. The van der Waals surface area contributed by atoms with Gasteiger partial charge in [-0.3, -0.25) is 9.52 Å². The molecule has 10 heteroatoms. The zero-order valence-electron chi connectivity index (χ0n) is 14.3. The maximum atomic E-state index is 12.4. The molecule has 1 aromatic heterocycles. The quantitative estimate of drug-likeness (QED) is 0.744. The Labute approximate surface area is 160 Å². The highest BCUT2D eigenvalue weighted by atomic mass is 32.2. The summed E-state index contributed by atoms with van der Waals surface area (Å²) in [7, 11) is -3.77. The Morgan fingerprint density at radius 3 is 2.37 bits per heavy atom. The minimum atomic E-state index is -3.77. The van der Waals surface area contributed by atoms with Crippen LogP contribution in [0.25, 0.3) is 0 Å². The predicted molar refractivity (Wildman–Crippen MR) is 98.4 cm³/mol. The van der Waals surface area contributed by atoms with Gasteiger partial charge >= 0.3 is 0 Å². The van der Waals surface area contributed by atoms with Gasteiger partial charge in [-0.2, -0.15) is 0 Å². The van der Waals surface area contributed by atoms with E-state index in [2.05, 4.69) is 15.0 Å². The number of nitrogens with zero attached hydrogens (tertiary/aromatic N) is 1. The van der Waals surface area contributed by atoms with E-state index in [-0.39, 0.29) is 15.9 Å². The van der Waals surface area contributed by atoms with E-state index in [0.717, 1.165) is 24.2 Å². The van der Waals surface area contributed by atoms with Crippen molar-refractivity contribution in [2.75, 3.05) is 10.0 Å². The second-order valence-electron chi connectivity index (χ2n) is 6.27. The second-order valence-corrected chi connectivity index (χ2v) is 8.85. The summed E-state index contributed by atoms with van der Waals surface area (Å²) in [5.41, 5.74) is 0.399. The zero-order valence-corrected chi connectivity index (χ0v) is 15.9. The number of benzene rings is 1. The van der Waals surface area contributed by atoms with Crippen molar-refractivity contribution in [1.82, 2.24) is 4.98 Å². The number of amides is 1. The Kier molecular flexibility index (Phi) is 5.76. The molecule has 8 nitrogen and oxygen atoms in total. The molecule has 0 saturated heterocycles. The first-order valence-corrected chi connectivity index (χ1v) is 10.8. The average molecular weight is 408 g/mol. The van der Waals surface area contributed by atoms with Gasteiger partial charge in [0.05, 0.1) is 4.90 Å². The van der Waals surface area contributed by atoms with Gasteiger partial charge in [0, 0.05) is 35.1 Å². The number of nitrogens with one attached hydrogen (secondary N) is 2. The van der Waals surface area contributed by atoms with Crippen molar-refractivity contribution >= 4 is 44.1 Å². The van der Waals surface area contributed by atoms with E-state index in [1.807, 2.05) is 0 Å². The maximum absolute atomic E-state index is 12.4. The first-order valence-electron chi connectivity index (χ1n) is 8.41. The smallest absolute Gasteiger partial charge is 0.263 e. The fourth-order valence-corrected chi connectivity index (χ4v) is 4.92. The van der Waals surface area contributed by atoms with Crippen LogP contribution in [0.15, 0.2) is 40.7 Å². The molecule has 1 saturated carbocycles. The Hall–Kier alpha value is -2.46. The molecule has 3 rings (SSSR count). The highest BCUT2D eigenvalue weighted by Gasteiger charge is 2.31. The Bertz CT molecular complexity index is 911. The third kappa shape index (κ3) is 4.64. The molecule has 1 amide bonds. The molecule has 1 aromatic carbocycles. The Morgan fingerprint density at radius 1 is 1.11 bits per heavy atom. The first kappa shape index (κ1) is 19.3. The number of aromatic nitrogens is 1. The number of carboxylic acid groups (broad SMARTS) is 1. The van der Waals surface area contributed by atoms with Gasteiger partial charge in [0.25, 0.3) is 10.0 Å². The first-order chi connectivity index (χ1) is 12.9. The molecule has 0 unspecified atom stereocenters. The molecular weight excluding hydrogens is 390 g/mol. The van der Waals surface area contributed by atoms with Crippen molar-refractivity contribution < 1.29 is 23.1 Å². The number of anilines is 2. The summed E-state index contributed by atoms with van der Waals surface area (Å²) >= 11 is 1.16. The van der Waals surface area contributed by atoms with Gasteiger partial charge < -0.3 is 15.2 Å². The number of hydrogen-bond acceptors (Lipinski definition) is 7. The van der Waals surface area contributed by atoms with Gasteiger partial charge in [0.15, 0.2) is 5.13 Å². The van der Waals surface area contributed by atoms with Gasteiger partial charge in [-0.25, -0.2) is 13.4 Å². The lowest BCUT2D eigenvalue weighted by molar-refractivity contribution is -0.313. The maximum Gasteiger partial charge on any atom is 0.263 e. The lowest BCUT2D eigenvalue weighted by Gasteiger charge is -2.31. The number of sulfonamides is 1. The number of thiazole rings is 1. The number of carbonyl (C=O) groups is 2. The lowest BCUT2D eigenvalue weighted by atomic mass is 9.78. The number of carboxylic acids is 1. The molecule has 1 fully saturated rings. The highest BCUT2D eigenvalue weighted by Crippen LogP contribution is 2.31. The lowest BCUT2D eigenvalue weighted by Crippen LogP contribution is -2.42. The van der Waals surface area contributed by atoms with Crippen LogP contribution < -0.4 is 15.1 Å². The fraction of sp³-hybridized carbons (Fsp3) is 0.353. The summed E-state index contributed by atoms with van der Waals surface area (Å²) in [6, 6.07) is 5.65.